The highest BCUT2D eigenvalue weighted by Crippen LogP contribution is 2.34. The number of carbonyl (C=O) groups is 1. The molecule has 1 saturated heterocycles. The minimum absolute atomic E-state index is 0.0255. The maximum atomic E-state index is 13.3. The Labute approximate surface area is 186 Å². The van der Waals surface area contributed by atoms with E-state index in [1.54, 1.807) is 16.3 Å². The number of aromatic nitrogens is 2. The molecule has 0 saturated carbocycles. The Morgan fingerprint density at radius 3 is 2.83 bits per heavy atom. The lowest BCUT2D eigenvalue weighted by atomic mass is 10.0. The van der Waals surface area contributed by atoms with Gasteiger partial charge in [0.1, 0.15) is 0 Å². The Hall–Kier alpha value is -1.73. The van der Waals surface area contributed by atoms with Crippen LogP contribution in [-0.4, -0.2) is 43.9 Å². The molecule has 160 valence electrons. The molecule has 2 aliphatic heterocycles. The molecular weight excluding hydrogens is 414 g/mol. The van der Waals surface area contributed by atoms with E-state index in [-0.39, 0.29) is 11.5 Å². The molecule has 2 aromatic rings. The Morgan fingerprint density at radius 2 is 2.07 bits per heavy atom. The third-order valence-electron chi connectivity index (χ3n) is 5.89. The highest BCUT2D eigenvalue weighted by molar-refractivity contribution is 8.00. The van der Waals surface area contributed by atoms with Gasteiger partial charge in [0, 0.05) is 24.3 Å². The summed E-state index contributed by atoms with van der Waals surface area (Å²) in [5, 5.41) is 1.03. The Kier molecular flexibility index (Phi) is 6.88. The molecule has 3 heterocycles. The zero-order valence-corrected chi connectivity index (χ0v) is 19.3. The molecular formula is C23H29N3O2S2. The van der Waals surface area contributed by atoms with E-state index in [2.05, 4.69) is 13.8 Å². The maximum Gasteiger partial charge on any atom is 0.268 e. The molecule has 1 aromatic carbocycles. The van der Waals surface area contributed by atoms with Crippen molar-refractivity contribution in [3.63, 3.8) is 0 Å². The summed E-state index contributed by atoms with van der Waals surface area (Å²) in [5.74, 6) is 0.495. The summed E-state index contributed by atoms with van der Waals surface area (Å²) in [7, 11) is 0. The summed E-state index contributed by atoms with van der Waals surface area (Å²) in [6.07, 6.45) is 5.19. The van der Waals surface area contributed by atoms with Gasteiger partial charge in [-0.05, 0) is 31.2 Å². The molecule has 2 atom stereocenters. The van der Waals surface area contributed by atoms with E-state index >= 15 is 0 Å². The van der Waals surface area contributed by atoms with E-state index in [0.29, 0.717) is 28.7 Å². The van der Waals surface area contributed by atoms with Gasteiger partial charge in [-0.15, -0.1) is 11.8 Å². The van der Waals surface area contributed by atoms with Crippen molar-refractivity contribution in [3.05, 3.63) is 51.9 Å². The van der Waals surface area contributed by atoms with E-state index < -0.39 is 0 Å². The number of rotatable bonds is 6. The fraction of sp³-hybridized carbons (Fsp3) is 0.522. The number of thioether (sulfide) groups is 2. The third kappa shape index (κ3) is 4.62. The molecule has 1 amide bonds. The van der Waals surface area contributed by atoms with E-state index in [1.807, 2.05) is 35.2 Å². The number of carbonyl (C=O) groups excluding carboxylic acids is 1. The molecule has 0 radical (unpaired) electrons. The van der Waals surface area contributed by atoms with Gasteiger partial charge in [0.25, 0.3) is 5.56 Å². The Morgan fingerprint density at radius 1 is 1.27 bits per heavy atom. The smallest absolute Gasteiger partial charge is 0.268 e. The normalized spacial score (nSPS) is 20.9. The fourth-order valence-electron chi connectivity index (χ4n) is 4.31. The Balaban J connectivity index is 1.58. The summed E-state index contributed by atoms with van der Waals surface area (Å²) >= 11 is 3.03. The van der Waals surface area contributed by atoms with Crippen LogP contribution in [-0.2, 0) is 17.8 Å². The van der Waals surface area contributed by atoms with Crippen molar-refractivity contribution in [3.8, 4) is 0 Å². The summed E-state index contributed by atoms with van der Waals surface area (Å²) in [5.41, 5.74) is 1.98. The van der Waals surface area contributed by atoms with Crippen LogP contribution in [0.15, 0.2) is 45.2 Å². The number of hydrogen-bond donors (Lipinski definition) is 0. The van der Waals surface area contributed by atoms with Gasteiger partial charge >= 0.3 is 0 Å². The average molecular weight is 444 g/mol. The topological polar surface area (TPSA) is 55.2 Å². The van der Waals surface area contributed by atoms with Crippen LogP contribution >= 0.6 is 23.5 Å². The zero-order chi connectivity index (χ0) is 21.1. The van der Waals surface area contributed by atoms with Crippen LogP contribution in [0, 0.1) is 0 Å². The van der Waals surface area contributed by atoms with Crippen LogP contribution in [0.3, 0.4) is 0 Å². The van der Waals surface area contributed by atoms with Crippen molar-refractivity contribution < 1.29 is 4.79 Å². The molecule has 4 rings (SSSR count). The first-order valence-corrected chi connectivity index (χ1v) is 12.7. The quantitative estimate of drug-likeness (QED) is 0.494. The molecule has 0 unspecified atom stereocenters. The minimum Gasteiger partial charge on any atom is -0.339 e. The van der Waals surface area contributed by atoms with Crippen molar-refractivity contribution in [2.45, 2.75) is 73.8 Å². The molecule has 2 aliphatic rings. The van der Waals surface area contributed by atoms with Gasteiger partial charge in [-0.25, -0.2) is 4.98 Å². The SMILES string of the molecule is CC[C@H]1CCCCN1C(=O)CSc1nc2c(c(=O)n1Cc1ccccc1)S[C@@H](C)C2. The molecule has 1 fully saturated rings. The highest BCUT2D eigenvalue weighted by atomic mass is 32.2. The molecule has 7 heteroatoms. The van der Waals surface area contributed by atoms with Gasteiger partial charge in [0.05, 0.1) is 22.9 Å². The van der Waals surface area contributed by atoms with E-state index in [4.69, 9.17) is 4.98 Å². The highest BCUT2D eigenvalue weighted by Gasteiger charge is 2.28. The first-order chi connectivity index (χ1) is 14.6. The van der Waals surface area contributed by atoms with E-state index in [0.717, 1.165) is 48.4 Å². The lowest BCUT2D eigenvalue weighted by Crippen LogP contribution is -2.44. The van der Waals surface area contributed by atoms with Crippen molar-refractivity contribution in [2.75, 3.05) is 12.3 Å². The summed E-state index contributed by atoms with van der Waals surface area (Å²) in [4.78, 5) is 33.9. The number of piperidine rings is 1. The maximum absolute atomic E-state index is 13.3. The van der Waals surface area contributed by atoms with Gasteiger partial charge in [-0.2, -0.15) is 0 Å². The van der Waals surface area contributed by atoms with Crippen LogP contribution in [0.1, 0.15) is 50.8 Å². The fourth-order valence-corrected chi connectivity index (χ4v) is 6.33. The standard InChI is InChI=1S/C23H29N3O2S2/c1-3-18-11-7-8-12-25(18)20(27)15-29-23-24-19-13-16(2)30-21(19)22(28)26(23)14-17-9-5-4-6-10-17/h4-6,9-10,16,18H,3,7-8,11-15H2,1-2H3/t16-,18-/m0/s1. The van der Waals surface area contributed by atoms with Crippen LogP contribution < -0.4 is 5.56 Å². The van der Waals surface area contributed by atoms with Gasteiger partial charge in [0.2, 0.25) is 5.91 Å². The predicted octanol–water partition coefficient (Wildman–Crippen LogP) is 4.21. The first-order valence-electron chi connectivity index (χ1n) is 10.8. The molecule has 0 spiro atoms. The lowest BCUT2D eigenvalue weighted by molar-refractivity contribution is -0.132. The molecule has 30 heavy (non-hydrogen) atoms. The van der Waals surface area contributed by atoms with E-state index in [9.17, 15) is 9.59 Å². The number of nitrogens with zero attached hydrogens (tertiary/aromatic N) is 3. The van der Waals surface area contributed by atoms with Crippen LogP contribution in [0.2, 0.25) is 0 Å². The second-order valence-electron chi connectivity index (χ2n) is 8.11. The Bertz CT molecular complexity index is 961. The molecule has 5 nitrogen and oxygen atoms in total. The van der Waals surface area contributed by atoms with Gasteiger partial charge in [0.15, 0.2) is 5.16 Å². The summed E-state index contributed by atoms with van der Waals surface area (Å²) < 4.78 is 1.75. The number of amides is 1. The van der Waals surface area contributed by atoms with Gasteiger partial charge in [-0.3, -0.25) is 14.2 Å². The van der Waals surface area contributed by atoms with Crippen molar-refractivity contribution in [2.24, 2.45) is 0 Å². The minimum atomic E-state index is 0.0255. The average Bonchev–Trinajstić information content (AvgIpc) is 3.15. The number of benzene rings is 1. The number of likely N-dealkylation sites (tertiary alicyclic amines) is 1. The lowest BCUT2D eigenvalue weighted by Gasteiger charge is -2.35. The van der Waals surface area contributed by atoms with E-state index in [1.165, 1.54) is 18.2 Å². The molecule has 0 bridgehead atoms. The largest absolute Gasteiger partial charge is 0.339 e. The molecule has 0 N–H and O–H groups in total. The van der Waals surface area contributed by atoms with Crippen LogP contribution in [0.25, 0.3) is 0 Å². The van der Waals surface area contributed by atoms with Crippen molar-refractivity contribution in [1.29, 1.82) is 0 Å². The van der Waals surface area contributed by atoms with Crippen LogP contribution in [0.5, 0.6) is 0 Å². The molecule has 1 aromatic heterocycles. The van der Waals surface area contributed by atoms with Gasteiger partial charge in [-0.1, -0.05) is 55.9 Å². The number of hydrogen-bond acceptors (Lipinski definition) is 5. The van der Waals surface area contributed by atoms with Gasteiger partial charge < -0.3 is 4.90 Å². The second-order valence-corrected chi connectivity index (χ2v) is 10.5. The first kappa shape index (κ1) is 21.5. The monoisotopic (exact) mass is 443 g/mol. The summed E-state index contributed by atoms with van der Waals surface area (Å²) in [6.45, 7) is 5.61. The van der Waals surface area contributed by atoms with Crippen LogP contribution in [0.4, 0.5) is 0 Å². The summed E-state index contributed by atoms with van der Waals surface area (Å²) in [6, 6.07) is 10.3. The van der Waals surface area contributed by atoms with Crippen molar-refractivity contribution >= 4 is 29.4 Å². The zero-order valence-electron chi connectivity index (χ0n) is 17.7. The number of fused-ring (bicyclic) bond motifs is 1. The predicted molar refractivity (Wildman–Crippen MR) is 123 cm³/mol. The molecule has 0 aliphatic carbocycles. The third-order valence-corrected chi connectivity index (χ3v) is 8.07. The van der Waals surface area contributed by atoms with Crippen molar-refractivity contribution in [1.82, 2.24) is 14.5 Å². The second kappa shape index (κ2) is 9.60.